The van der Waals surface area contributed by atoms with Gasteiger partial charge in [-0.15, -0.1) is 11.6 Å². The quantitative estimate of drug-likeness (QED) is 0.699. The van der Waals surface area contributed by atoms with Crippen molar-refractivity contribution in [3.05, 3.63) is 28.2 Å². The number of aromatic nitrogens is 2. The Morgan fingerprint density at radius 1 is 1.45 bits per heavy atom. The minimum absolute atomic E-state index is 0.265. The maximum absolute atomic E-state index is 13.7. The summed E-state index contributed by atoms with van der Waals surface area (Å²) < 4.78 is 16.5. The standard InChI is InChI=1S/C15H17BrClFN2/c1-9-3-2-4-13(9)20-14-7-10(16)11(18)8-12(14)19-15(20)5-6-17/h7-9,13H,2-6H2,1H3. The van der Waals surface area contributed by atoms with Crippen molar-refractivity contribution in [2.24, 2.45) is 5.92 Å². The third-order valence-electron chi connectivity index (χ3n) is 4.27. The van der Waals surface area contributed by atoms with Crippen molar-refractivity contribution in [2.75, 3.05) is 5.88 Å². The molecule has 108 valence electrons. The van der Waals surface area contributed by atoms with Crippen molar-refractivity contribution in [1.29, 1.82) is 0 Å². The largest absolute Gasteiger partial charge is 0.325 e. The Morgan fingerprint density at radius 2 is 2.25 bits per heavy atom. The molecule has 0 amide bonds. The number of aryl methyl sites for hydroxylation is 1. The summed E-state index contributed by atoms with van der Waals surface area (Å²) in [7, 11) is 0. The summed E-state index contributed by atoms with van der Waals surface area (Å²) in [5.74, 6) is 1.88. The van der Waals surface area contributed by atoms with E-state index in [-0.39, 0.29) is 5.82 Å². The zero-order valence-electron chi connectivity index (χ0n) is 11.4. The minimum atomic E-state index is -0.265. The average Bonchev–Trinajstić information content (AvgIpc) is 2.94. The lowest BCUT2D eigenvalue weighted by Crippen LogP contribution is -2.15. The van der Waals surface area contributed by atoms with Gasteiger partial charge in [-0.25, -0.2) is 9.37 Å². The SMILES string of the molecule is CC1CCCC1n1c(CCCl)nc2cc(F)c(Br)cc21. The van der Waals surface area contributed by atoms with E-state index in [1.807, 2.05) is 6.07 Å². The van der Waals surface area contributed by atoms with E-state index in [1.54, 1.807) is 0 Å². The highest BCUT2D eigenvalue weighted by Gasteiger charge is 2.28. The molecule has 1 saturated carbocycles. The molecule has 1 aliphatic rings. The molecule has 5 heteroatoms. The fourth-order valence-corrected chi connectivity index (χ4v) is 3.78. The molecule has 2 aromatic rings. The van der Waals surface area contributed by atoms with E-state index in [2.05, 4.69) is 32.4 Å². The van der Waals surface area contributed by atoms with Crippen LogP contribution in [0.3, 0.4) is 0 Å². The molecule has 1 fully saturated rings. The molecule has 2 unspecified atom stereocenters. The van der Waals surface area contributed by atoms with Gasteiger partial charge in [0.05, 0.1) is 15.5 Å². The van der Waals surface area contributed by atoms with Crippen molar-refractivity contribution in [3.63, 3.8) is 0 Å². The molecule has 0 aliphatic heterocycles. The van der Waals surface area contributed by atoms with Crippen molar-refractivity contribution in [1.82, 2.24) is 9.55 Å². The van der Waals surface area contributed by atoms with Gasteiger partial charge in [0.15, 0.2) is 0 Å². The summed E-state index contributed by atoms with van der Waals surface area (Å²) in [4.78, 5) is 4.60. The molecule has 0 radical (unpaired) electrons. The molecular weight excluding hydrogens is 343 g/mol. The molecular formula is C15H17BrClFN2. The van der Waals surface area contributed by atoms with Crippen LogP contribution in [-0.4, -0.2) is 15.4 Å². The zero-order chi connectivity index (χ0) is 14.3. The van der Waals surface area contributed by atoms with E-state index in [9.17, 15) is 4.39 Å². The molecule has 2 atom stereocenters. The van der Waals surface area contributed by atoms with E-state index < -0.39 is 0 Å². The van der Waals surface area contributed by atoms with Gasteiger partial charge in [-0.05, 0) is 40.8 Å². The van der Waals surface area contributed by atoms with E-state index in [0.717, 1.165) is 29.7 Å². The summed E-state index contributed by atoms with van der Waals surface area (Å²) in [6.07, 6.45) is 4.37. The predicted molar refractivity (Wildman–Crippen MR) is 83.9 cm³/mol. The van der Waals surface area contributed by atoms with Crippen molar-refractivity contribution in [3.8, 4) is 0 Å². The Kier molecular flexibility index (Phi) is 4.04. The normalized spacial score (nSPS) is 22.8. The van der Waals surface area contributed by atoms with Crippen molar-refractivity contribution >= 4 is 38.6 Å². The highest BCUT2D eigenvalue weighted by atomic mass is 79.9. The molecule has 1 heterocycles. The third-order valence-corrected chi connectivity index (χ3v) is 5.07. The first-order chi connectivity index (χ1) is 9.61. The zero-order valence-corrected chi connectivity index (χ0v) is 13.7. The van der Waals surface area contributed by atoms with Crippen molar-refractivity contribution in [2.45, 2.75) is 38.6 Å². The second-order valence-electron chi connectivity index (χ2n) is 5.57. The molecule has 20 heavy (non-hydrogen) atoms. The monoisotopic (exact) mass is 358 g/mol. The molecule has 0 N–H and O–H groups in total. The van der Waals surface area contributed by atoms with E-state index in [4.69, 9.17) is 11.6 Å². The summed E-state index contributed by atoms with van der Waals surface area (Å²) in [5, 5.41) is 0. The van der Waals surface area contributed by atoms with Crippen LogP contribution in [0.2, 0.25) is 0 Å². The topological polar surface area (TPSA) is 17.8 Å². The molecule has 0 bridgehead atoms. The summed E-state index contributed by atoms with van der Waals surface area (Å²) in [6.45, 7) is 2.28. The lowest BCUT2D eigenvalue weighted by atomic mass is 10.1. The van der Waals surface area contributed by atoms with Crippen molar-refractivity contribution < 1.29 is 4.39 Å². The lowest BCUT2D eigenvalue weighted by molar-refractivity contribution is 0.406. The molecule has 1 aromatic heterocycles. The van der Waals surface area contributed by atoms with E-state index in [0.29, 0.717) is 22.3 Å². The molecule has 0 saturated heterocycles. The molecule has 2 nitrogen and oxygen atoms in total. The average molecular weight is 360 g/mol. The Morgan fingerprint density at radius 3 is 2.90 bits per heavy atom. The minimum Gasteiger partial charge on any atom is -0.325 e. The maximum atomic E-state index is 13.7. The van der Waals surface area contributed by atoms with E-state index >= 15 is 0 Å². The van der Waals surface area contributed by atoms with Gasteiger partial charge >= 0.3 is 0 Å². The molecule has 3 rings (SSSR count). The van der Waals surface area contributed by atoms with Crippen LogP contribution in [0.5, 0.6) is 0 Å². The van der Waals surface area contributed by atoms with Gasteiger partial charge in [0.25, 0.3) is 0 Å². The number of halogens is 3. The number of nitrogens with zero attached hydrogens (tertiary/aromatic N) is 2. The van der Waals surface area contributed by atoms with Gasteiger partial charge in [0.2, 0.25) is 0 Å². The molecule has 1 aromatic carbocycles. The van der Waals surface area contributed by atoms with Gasteiger partial charge in [-0.2, -0.15) is 0 Å². The van der Waals surface area contributed by atoms with Gasteiger partial charge in [0, 0.05) is 24.4 Å². The first-order valence-corrected chi connectivity index (χ1v) is 8.36. The highest BCUT2D eigenvalue weighted by Crippen LogP contribution is 2.39. The third kappa shape index (κ3) is 2.37. The van der Waals surface area contributed by atoms with Gasteiger partial charge in [0.1, 0.15) is 11.6 Å². The summed E-state index contributed by atoms with van der Waals surface area (Å²) in [6, 6.07) is 3.81. The maximum Gasteiger partial charge on any atom is 0.139 e. The first-order valence-electron chi connectivity index (χ1n) is 7.03. The van der Waals surface area contributed by atoms with E-state index in [1.165, 1.54) is 18.9 Å². The lowest BCUT2D eigenvalue weighted by Gasteiger charge is -2.21. The Balaban J connectivity index is 2.20. The van der Waals surface area contributed by atoms with Crippen LogP contribution in [0.15, 0.2) is 16.6 Å². The van der Waals surface area contributed by atoms with Crippen LogP contribution in [0.25, 0.3) is 11.0 Å². The summed E-state index contributed by atoms with van der Waals surface area (Å²) >= 11 is 9.18. The smallest absolute Gasteiger partial charge is 0.139 e. The number of benzene rings is 1. The molecule has 0 spiro atoms. The fraction of sp³-hybridized carbons (Fsp3) is 0.533. The van der Waals surface area contributed by atoms with Crippen LogP contribution in [0.4, 0.5) is 4.39 Å². The van der Waals surface area contributed by atoms with Crippen LogP contribution in [0, 0.1) is 11.7 Å². The second kappa shape index (κ2) is 5.64. The number of imidazole rings is 1. The molecule has 1 aliphatic carbocycles. The Bertz CT molecular complexity index is 640. The van der Waals surface area contributed by atoms with Gasteiger partial charge in [-0.3, -0.25) is 0 Å². The highest BCUT2D eigenvalue weighted by molar-refractivity contribution is 9.10. The number of hydrogen-bond acceptors (Lipinski definition) is 1. The number of alkyl halides is 1. The van der Waals surface area contributed by atoms with Crippen LogP contribution < -0.4 is 0 Å². The Hall–Kier alpha value is -0.610. The second-order valence-corrected chi connectivity index (χ2v) is 6.80. The van der Waals surface area contributed by atoms with Crippen LogP contribution in [-0.2, 0) is 6.42 Å². The predicted octanol–water partition coefficient (Wildman–Crippen LogP) is 5.08. The first kappa shape index (κ1) is 14.3. The number of hydrogen-bond donors (Lipinski definition) is 0. The summed E-state index contributed by atoms with van der Waals surface area (Å²) in [5.41, 5.74) is 1.74. The van der Waals surface area contributed by atoms with Gasteiger partial charge in [-0.1, -0.05) is 13.3 Å². The Labute approximate surface area is 131 Å². The van der Waals surface area contributed by atoms with Gasteiger partial charge < -0.3 is 4.57 Å². The van der Waals surface area contributed by atoms with Crippen LogP contribution in [0.1, 0.15) is 38.1 Å². The van der Waals surface area contributed by atoms with Crippen LogP contribution >= 0.6 is 27.5 Å². The number of fused-ring (bicyclic) bond motifs is 1. The fourth-order valence-electron chi connectivity index (χ4n) is 3.28. The number of rotatable bonds is 3.